The van der Waals surface area contributed by atoms with Crippen molar-refractivity contribution < 1.29 is 4.79 Å². The van der Waals surface area contributed by atoms with Crippen LogP contribution in [-0.4, -0.2) is 38.5 Å². The molecule has 0 saturated heterocycles. The molecule has 0 fully saturated rings. The maximum absolute atomic E-state index is 11.4. The van der Waals surface area contributed by atoms with Crippen LogP contribution in [0.3, 0.4) is 0 Å². The number of halogens is 1. The molecule has 0 aliphatic rings. The zero-order valence-electron chi connectivity index (χ0n) is 12.6. The van der Waals surface area contributed by atoms with E-state index < -0.39 is 0 Å². The van der Waals surface area contributed by atoms with Gasteiger partial charge in [0, 0.05) is 20.1 Å². The molecule has 0 radical (unpaired) electrons. The molecule has 0 spiro atoms. The van der Waals surface area contributed by atoms with Crippen molar-refractivity contribution in [2.24, 2.45) is 10.9 Å². The minimum Gasteiger partial charge on any atom is -0.356 e. The molecule has 5 nitrogen and oxygen atoms in total. The van der Waals surface area contributed by atoms with Crippen molar-refractivity contribution >= 4 is 35.8 Å². The summed E-state index contributed by atoms with van der Waals surface area (Å²) in [5, 5.41) is 9.06. The average Bonchev–Trinajstić information content (AvgIpc) is 2.40. The number of rotatable bonds is 8. The molecule has 0 unspecified atom stereocenters. The molecule has 0 bridgehead atoms. The molecule has 19 heavy (non-hydrogen) atoms. The molecular weight excluding hydrogens is 355 g/mol. The number of carbonyl (C=O) groups excluding carboxylic acids is 1. The lowest BCUT2D eigenvalue weighted by Crippen LogP contribution is -2.44. The van der Waals surface area contributed by atoms with E-state index in [9.17, 15) is 4.79 Å². The quantitative estimate of drug-likeness (QED) is 0.339. The van der Waals surface area contributed by atoms with E-state index in [4.69, 9.17) is 0 Å². The van der Waals surface area contributed by atoms with Crippen LogP contribution in [0.5, 0.6) is 0 Å². The van der Waals surface area contributed by atoms with E-state index in [-0.39, 0.29) is 36.4 Å². The van der Waals surface area contributed by atoms with Gasteiger partial charge in [-0.3, -0.25) is 9.79 Å². The summed E-state index contributed by atoms with van der Waals surface area (Å²) in [6, 6.07) is 0. The van der Waals surface area contributed by atoms with Crippen molar-refractivity contribution in [3.63, 3.8) is 0 Å². The van der Waals surface area contributed by atoms with Crippen LogP contribution < -0.4 is 16.0 Å². The van der Waals surface area contributed by atoms with Crippen molar-refractivity contribution in [3.8, 4) is 0 Å². The molecule has 1 amide bonds. The minimum absolute atomic E-state index is 0. The molecule has 0 aromatic rings. The predicted octanol–water partition coefficient (Wildman–Crippen LogP) is 1.73. The Morgan fingerprint density at radius 3 is 2.21 bits per heavy atom. The molecule has 3 N–H and O–H groups in total. The summed E-state index contributed by atoms with van der Waals surface area (Å²) in [4.78, 5) is 15.5. The van der Waals surface area contributed by atoms with E-state index in [0.29, 0.717) is 11.9 Å². The van der Waals surface area contributed by atoms with Gasteiger partial charge < -0.3 is 16.0 Å². The van der Waals surface area contributed by atoms with E-state index >= 15 is 0 Å². The highest BCUT2D eigenvalue weighted by Gasteiger charge is 2.06. The summed E-state index contributed by atoms with van der Waals surface area (Å²) in [6.07, 6.45) is 3.25. The topological polar surface area (TPSA) is 65.5 Å². The Balaban J connectivity index is 0. The summed E-state index contributed by atoms with van der Waals surface area (Å²) in [5.41, 5.74) is 0. The van der Waals surface area contributed by atoms with Crippen LogP contribution >= 0.6 is 24.0 Å². The normalized spacial score (nSPS) is 10.9. The predicted molar refractivity (Wildman–Crippen MR) is 92.2 cm³/mol. The number of hydrogen-bond donors (Lipinski definition) is 3. The fraction of sp³-hybridized carbons (Fsp3) is 0.846. The Morgan fingerprint density at radius 1 is 1.11 bits per heavy atom. The first-order valence-corrected chi connectivity index (χ1v) is 6.89. The standard InChI is InChI=1S/C13H28N4O.HI/c1-5-8-15-12(18)10-17-13(14-4)16-9-11(6-2)7-3;/h11H,5-10H2,1-4H3,(H,15,18)(H2,14,16,17);1H. The summed E-state index contributed by atoms with van der Waals surface area (Å²) in [5.74, 6) is 1.34. The van der Waals surface area contributed by atoms with Crippen LogP contribution in [0, 0.1) is 5.92 Å². The summed E-state index contributed by atoms with van der Waals surface area (Å²) in [6.45, 7) is 8.28. The van der Waals surface area contributed by atoms with Gasteiger partial charge in [-0.15, -0.1) is 24.0 Å². The van der Waals surface area contributed by atoms with Gasteiger partial charge in [-0.05, 0) is 12.3 Å². The van der Waals surface area contributed by atoms with E-state index in [1.165, 1.54) is 0 Å². The average molecular weight is 384 g/mol. The smallest absolute Gasteiger partial charge is 0.239 e. The first-order valence-electron chi connectivity index (χ1n) is 6.89. The largest absolute Gasteiger partial charge is 0.356 e. The van der Waals surface area contributed by atoms with Crippen molar-refractivity contribution in [2.45, 2.75) is 40.0 Å². The zero-order chi connectivity index (χ0) is 13.8. The molecule has 0 atom stereocenters. The molecule has 0 aliphatic heterocycles. The molecular formula is C13H29IN4O. The Labute approximate surface area is 134 Å². The van der Waals surface area contributed by atoms with Gasteiger partial charge in [-0.25, -0.2) is 0 Å². The van der Waals surface area contributed by atoms with Gasteiger partial charge in [-0.2, -0.15) is 0 Å². The Kier molecular flexibility index (Phi) is 15.2. The number of nitrogens with zero attached hydrogens (tertiary/aromatic N) is 1. The molecule has 0 aromatic carbocycles. The van der Waals surface area contributed by atoms with Crippen LogP contribution in [0.25, 0.3) is 0 Å². The van der Waals surface area contributed by atoms with Crippen LogP contribution in [-0.2, 0) is 4.79 Å². The highest BCUT2D eigenvalue weighted by atomic mass is 127. The lowest BCUT2D eigenvalue weighted by Gasteiger charge is -2.16. The van der Waals surface area contributed by atoms with Gasteiger partial charge in [0.05, 0.1) is 6.54 Å². The van der Waals surface area contributed by atoms with Gasteiger partial charge in [0.2, 0.25) is 5.91 Å². The highest BCUT2D eigenvalue weighted by Crippen LogP contribution is 2.04. The lowest BCUT2D eigenvalue weighted by atomic mass is 10.0. The van der Waals surface area contributed by atoms with Crippen LogP contribution in [0.2, 0.25) is 0 Å². The molecule has 6 heteroatoms. The van der Waals surface area contributed by atoms with Crippen LogP contribution in [0.1, 0.15) is 40.0 Å². The third-order valence-corrected chi connectivity index (χ3v) is 2.93. The van der Waals surface area contributed by atoms with E-state index in [0.717, 1.165) is 32.4 Å². The molecule has 114 valence electrons. The summed E-state index contributed by atoms with van der Waals surface area (Å²) >= 11 is 0. The van der Waals surface area contributed by atoms with E-state index in [2.05, 4.69) is 34.8 Å². The van der Waals surface area contributed by atoms with Crippen LogP contribution in [0.15, 0.2) is 4.99 Å². The van der Waals surface area contributed by atoms with Gasteiger partial charge in [0.1, 0.15) is 0 Å². The monoisotopic (exact) mass is 384 g/mol. The maximum atomic E-state index is 11.4. The van der Waals surface area contributed by atoms with E-state index in [1.54, 1.807) is 7.05 Å². The first kappa shape index (κ1) is 20.8. The fourth-order valence-corrected chi connectivity index (χ4v) is 1.53. The van der Waals surface area contributed by atoms with Gasteiger partial charge in [0.15, 0.2) is 5.96 Å². The number of carbonyl (C=O) groups is 1. The Bertz CT molecular complexity index is 255. The van der Waals surface area contributed by atoms with E-state index in [1.807, 2.05) is 6.92 Å². The SMILES string of the molecule is CCCNC(=O)CNC(=NC)NCC(CC)CC.I. The second-order valence-corrected chi connectivity index (χ2v) is 4.34. The number of amides is 1. The fourth-order valence-electron chi connectivity index (χ4n) is 1.53. The Hall–Kier alpha value is -0.530. The first-order chi connectivity index (χ1) is 8.67. The third kappa shape index (κ3) is 11.0. The minimum atomic E-state index is 0. The second-order valence-electron chi connectivity index (χ2n) is 4.34. The van der Waals surface area contributed by atoms with Crippen molar-refractivity contribution in [1.82, 2.24) is 16.0 Å². The van der Waals surface area contributed by atoms with Crippen molar-refractivity contribution in [3.05, 3.63) is 0 Å². The van der Waals surface area contributed by atoms with Gasteiger partial charge >= 0.3 is 0 Å². The van der Waals surface area contributed by atoms with Gasteiger partial charge in [0.25, 0.3) is 0 Å². The highest BCUT2D eigenvalue weighted by molar-refractivity contribution is 14.0. The van der Waals surface area contributed by atoms with Crippen molar-refractivity contribution in [1.29, 1.82) is 0 Å². The molecule has 0 aliphatic carbocycles. The summed E-state index contributed by atoms with van der Waals surface area (Å²) < 4.78 is 0. The number of hydrogen-bond acceptors (Lipinski definition) is 2. The molecule has 0 saturated carbocycles. The molecule has 0 heterocycles. The van der Waals surface area contributed by atoms with Crippen molar-refractivity contribution in [2.75, 3.05) is 26.7 Å². The maximum Gasteiger partial charge on any atom is 0.239 e. The summed E-state index contributed by atoms with van der Waals surface area (Å²) in [7, 11) is 1.71. The molecule has 0 rings (SSSR count). The zero-order valence-corrected chi connectivity index (χ0v) is 14.9. The number of aliphatic imine (C=N–C) groups is 1. The third-order valence-electron chi connectivity index (χ3n) is 2.93. The Morgan fingerprint density at radius 2 is 1.74 bits per heavy atom. The van der Waals surface area contributed by atoms with Crippen LogP contribution in [0.4, 0.5) is 0 Å². The molecule has 0 aromatic heterocycles. The lowest BCUT2D eigenvalue weighted by molar-refractivity contribution is -0.120. The number of guanidine groups is 1. The second kappa shape index (κ2) is 13.9. The van der Waals surface area contributed by atoms with Gasteiger partial charge in [-0.1, -0.05) is 33.6 Å². The number of nitrogens with one attached hydrogen (secondary N) is 3.